The van der Waals surface area contributed by atoms with Gasteiger partial charge in [0.05, 0.1) is 11.9 Å². The highest BCUT2D eigenvalue weighted by atomic mass is 16.2. The first-order valence-corrected chi connectivity index (χ1v) is 9.03. The Bertz CT molecular complexity index is 1150. The van der Waals surface area contributed by atoms with Crippen LogP contribution < -0.4 is 10.2 Å². The molecule has 1 aliphatic heterocycles. The van der Waals surface area contributed by atoms with Crippen LogP contribution in [0, 0.1) is 13.8 Å². The third kappa shape index (κ3) is 3.23. The van der Waals surface area contributed by atoms with Gasteiger partial charge in [-0.25, -0.2) is 9.69 Å². The number of aromatic nitrogens is 2. The van der Waals surface area contributed by atoms with Gasteiger partial charge in [0.15, 0.2) is 0 Å². The summed E-state index contributed by atoms with van der Waals surface area (Å²) in [4.78, 5) is 42.5. The second-order valence-corrected chi connectivity index (χ2v) is 6.67. The number of aryl methyl sites for hydroxylation is 1. The van der Waals surface area contributed by atoms with E-state index >= 15 is 0 Å². The molecule has 1 fully saturated rings. The highest BCUT2D eigenvalue weighted by Crippen LogP contribution is 2.25. The first-order valence-electron chi connectivity index (χ1n) is 9.03. The van der Waals surface area contributed by atoms with Crippen LogP contribution >= 0.6 is 0 Å². The van der Waals surface area contributed by atoms with Crippen molar-refractivity contribution in [1.82, 2.24) is 14.9 Å². The topological polar surface area (TPSA) is 84.3 Å². The fourth-order valence-electron chi connectivity index (χ4n) is 3.44. The van der Waals surface area contributed by atoms with E-state index in [1.807, 2.05) is 54.8 Å². The van der Waals surface area contributed by atoms with Crippen LogP contribution in [0.2, 0.25) is 0 Å². The number of nitrogens with one attached hydrogen (secondary N) is 1. The second-order valence-electron chi connectivity index (χ2n) is 6.67. The largest absolute Gasteiger partial charge is 0.336 e. The first kappa shape index (κ1) is 18.4. The summed E-state index contributed by atoms with van der Waals surface area (Å²) in [6.07, 6.45) is 4.46. The van der Waals surface area contributed by atoms with E-state index in [1.54, 1.807) is 12.1 Å². The molecule has 0 saturated carbocycles. The summed E-state index contributed by atoms with van der Waals surface area (Å²) in [5, 5.41) is 2.23. The minimum absolute atomic E-state index is 0.109. The number of anilines is 1. The number of hydrogen-bond donors (Lipinski definition) is 1. The Morgan fingerprint density at radius 3 is 2.38 bits per heavy atom. The molecule has 0 radical (unpaired) electrons. The molecule has 29 heavy (non-hydrogen) atoms. The molecule has 3 heterocycles. The van der Waals surface area contributed by atoms with Crippen LogP contribution in [-0.4, -0.2) is 27.4 Å². The van der Waals surface area contributed by atoms with Crippen LogP contribution in [0.15, 0.2) is 66.5 Å². The van der Waals surface area contributed by atoms with Gasteiger partial charge < -0.3 is 4.57 Å². The van der Waals surface area contributed by atoms with E-state index in [0.29, 0.717) is 5.69 Å². The summed E-state index contributed by atoms with van der Waals surface area (Å²) >= 11 is 0. The maximum absolute atomic E-state index is 13.0. The normalized spacial score (nSPS) is 15.7. The van der Waals surface area contributed by atoms with Crippen LogP contribution in [0.5, 0.6) is 0 Å². The summed E-state index contributed by atoms with van der Waals surface area (Å²) in [6, 6.07) is 14.1. The van der Waals surface area contributed by atoms with Crippen LogP contribution in [0.4, 0.5) is 10.5 Å². The van der Waals surface area contributed by atoms with Gasteiger partial charge in [-0.2, -0.15) is 0 Å². The molecule has 3 aromatic rings. The number of urea groups is 1. The van der Waals surface area contributed by atoms with Gasteiger partial charge in [0.2, 0.25) is 0 Å². The number of hydrogen-bond acceptors (Lipinski definition) is 4. The quantitative estimate of drug-likeness (QED) is 0.554. The maximum Gasteiger partial charge on any atom is 0.336 e. The summed E-state index contributed by atoms with van der Waals surface area (Å²) in [6.45, 7) is 3.87. The van der Waals surface area contributed by atoms with Crippen molar-refractivity contribution in [2.24, 2.45) is 0 Å². The lowest BCUT2D eigenvalue weighted by Crippen LogP contribution is -2.54. The Hall–Kier alpha value is -4.00. The Morgan fingerprint density at radius 2 is 1.69 bits per heavy atom. The maximum atomic E-state index is 13.0. The number of carbonyl (C=O) groups is 3. The third-order valence-electron chi connectivity index (χ3n) is 4.79. The van der Waals surface area contributed by atoms with Gasteiger partial charge in [-0.3, -0.25) is 19.9 Å². The predicted octanol–water partition coefficient (Wildman–Crippen LogP) is 3.16. The van der Waals surface area contributed by atoms with E-state index in [9.17, 15) is 14.4 Å². The molecule has 1 N–H and O–H groups in total. The number of imide groups is 2. The smallest absolute Gasteiger partial charge is 0.318 e. The summed E-state index contributed by atoms with van der Waals surface area (Å²) in [5.74, 6) is -1.40. The molecule has 7 heteroatoms. The Morgan fingerprint density at radius 1 is 0.966 bits per heavy atom. The average molecular weight is 386 g/mol. The third-order valence-corrected chi connectivity index (χ3v) is 4.79. The summed E-state index contributed by atoms with van der Waals surface area (Å²) < 4.78 is 2.04. The highest BCUT2D eigenvalue weighted by molar-refractivity contribution is 6.39. The van der Waals surface area contributed by atoms with Crippen LogP contribution in [0.1, 0.15) is 17.0 Å². The van der Waals surface area contributed by atoms with E-state index < -0.39 is 17.8 Å². The number of carbonyl (C=O) groups excluding carboxylic acids is 3. The number of para-hydroxylation sites is 1. The molecule has 2 aromatic heterocycles. The van der Waals surface area contributed by atoms with Gasteiger partial charge >= 0.3 is 6.03 Å². The molecule has 0 spiro atoms. The molecule has 0 bridgehead atoms. The Labute approximate surface area is 167 Å². The van der Waals surface area contributed by atoms with Crippen molar-refractivity contribution in [1.29, 1.82) is 0 Å². The van der Waals surface area contributed by atoms with Crippen molar-refractivity contribution in [3.05, 3.63) is 83.4 Å². The van der Waals surface area contributed by atoms with Gasteiger partial charge in [0.1, 0.15) is 5.57 Å². The van der Waals surface area contributed by atoms with Gasteiger partial charge in [-0.1, -0.05) is 18.2 Å². The molecule has 7 nitrogen and oxygen atoms in total. The summed E-state index contributed by atoms with van der Waals surface area (Å²) in [7, 11) is 0. The lowest BCUT2D eigenvalue weighted by atomic mass is 10.1. The molecule has 4 rings (SSSR count). The van der Waals surface area contributed by atoms with Gasteiger partial charge in [-0.15, -0.1) is 0 Å². The number of amides is 4. The van der Waals surface area contributed by atoms with Gasteiger partial charge in [0, 0.05) is 23.3 Å². The zero-order chi connectivity index (χ0) is 20.5. The molecule has 0 aliphatic carbocycles. The van der Waals surface area contributed by atoms with E-state index in [2.05, 4.69) is 10.3 Å². The van der Waals surface area contributed by atoms with Crippen LogP contribution in [-0.2, 0) is 9.59 Å². The van der Waals surface area contributed by atoms with Gasteiger partial charge in [0.25, 0.3) is 11.8 Å². The van der Waals surface area contributed by atoms with E-state index in [4.69, 9.17) is 0 Å². The first-order chi connectivity index (χ1) is 14.0. The SMILES string of the molecule is Cc1cc(/C=C2/C(=O)NC(=O)N(c3cccnc3)C2=O)c(C)n1-c1ccccc1. The number of rotatable bonds is 3. The molecule has 1 aromatic carbocycles. The van der Waals surface area contributed by atoms with Crippen LogP contribution in [0.25, 0.3) is 11.8 Å². The number of nitrogens with zero attached hydrogens (tertiary/aromatic N) is 3. The second kappa shape index (κ2) is 7.20. The van der Waals surface area contributed by atoms with E-state index in [1.165, 1.54) is 18.5 Å². The van der Waals surface area contributed by atoms with Crippen molar-refractivity contribution in [3.8, 4) is 5.69 Å². The molecule has 4 amide bonds. The molecule has 1 aliphatic rings. The lowest BCUT2D eigenvalue weighted by Gasteiger charge is -2.26. The number of benzene rings is 1. The van der Waals surface area contributed by atoms with E-state index in [-0.39, 0.29) is 5.57 Å². The lowest BCUT2D eigenvalue weighted by molar-refractivity contribution is -0.122. The summed E-state index contributed by atoms with van der Waals surface area (Å²) in [5.41, 5.74) is 3.74. The fraction of sp³-hybridized carbons (Fsp3) is 0.0909. The molecule has 144 valence electrons. The van der Waals surface area contributed by atoms with Crippen molar-refractivity contribution >= 4 is 29.6 Å². The monoisotopic (exact) mass is 386 g/mol. The molecule has 0 atom stereocenters. The van der Waals surface area contributed by atoms with Crippen molar-refractivity contribution in [2.75, 3.05) is 4.90 Å². The fourth-order valence-corrected chi connectivity index (χ4v) is 3.44. The van der Waals surface area contributed by atoms with Crippen molar-refractivity contribution < 1.29 is 14.4 Å². The Balaban J connectivity index is 1.77. The predicted molar refractivity (Wildman–Crippen MR) is 108 cm³/mol. The minimum atomic E-state index is -0.792. The van der Waals surface area contributed by atoms with Crippen LogP contribution in [0.3, 0.4) is 0 Å². The van der Waals surface area contributed by atoms with Crippen molar-refractivity contribution in [3.63, 3.8) is 0 Å². The highest BCUT2D eigenvalue weighted by Gasteiger charge is 2.37. The average Bonchev–Trinajstić information content (AvgIpc) is 2.99. The zero-order valence-corrected chi connectivity index (χ0v) is 15.9. The van der Waals surface area contributed by atoms with Gasteiger partial charge in [-0.05, 0) is 55.8 Å². The standard InChI is InChI=1S/C22H18N4O3/c1-14-11-16(15(2)25(14)17-7-4-3-5-8-17)12-19-20(27)24-22(29)26(21(19)28)18-9-6-10-23-13-18/h3-13H,1-2H3,(H,24,27,29)/b19-12-. The molecule has 1 saturated heterocycles. The number of barbiturate groups is 1. The Kier molecular flexibility index (Phi) is 4.56. The minimum Gasteiger partial charge on any atom is -0.318 e. The number of pyridine rings is 1. The molecule has 0 unspecified atom stereocenters. The molecular weight excluding hydrogens is 368 g/mol. The van der Waals surface area contributed by atoms with E-state index in [0.717, 1.165) is 27.5 Å². The molecular formula is C22H18N4O3. The van der Waals surface area contributed by atoms with Crippen molar-refractivity contribution in [2.45, 2.75) is 13.8 Å². The zero-order valence-electron chi connectivity index (χ0n) is 15.9.